The molecule has 0 bridgehead atoms. The minimum absolute atomic E-state index is 0.0131. The van der Waals surface area contributed by atoms with Crippen molar-refractivity contribution in [3.05, 3.63) is 35.4 Å². The molecular formula is C14H20O3. The van der Waals surface area contributed by atoms with Crippen LogP contribution in [-0.4, -0.2) is 17.5 Å². The molecule has 3 heteroatoms. The highest BCUT2D eigenvalue weighted by atomic mass is 16.7. The summed E-state index contributed by atoms with van der Waals surface area (Å²) >= 11 is 0. The molecule has 0 amide bonds. The van der Waals surface area contributed by atoms with Crippen LogP contribution in [0.25, 0.3) is 0 Å². The molecule has 1 fully saturated rings. The van der Waals surface area contributed by atoms with Gasteiger partial charge in [0.25, 0.3) is 0 Å². The first-order chi connectivity index (χ1) is 7.78. The molecule has 1 heterocycles. The molecule has 1 saturated heterocycles. The predicted molar refractivity (Wildman–Crippen MR) is 65.5 cm³/mol. The SMILES string of the molecule is CC1(C)OCC(c2ccc(C(C)(C)O)cc2)O1. The molecule has 17 heavy (non-hydrogen) atoms. The first kappa shape index (κ1) is 12.6. The van der Waals surface area contributed by atoms with E-state index in [2.05, 4.69) is 0 Å². The van der Waals surface area contributed by atoms with E-state index in [1.807, 2.05) is 38.1 Å². The van der Waals surface area contributed by atoms with Gasteiger partial charge in [-0.05, 0) is 38.8 Å². The minimum atomic E-state index is -0.801. The van der Waals surface area contributed by atoms with Crippen molar-refractivity contribution in [2.45, 2.75) is 45.2 Å². The van der Waals surface area contributed by atoms with Crippen LogP contribution in [0.5, 0.6) is 0 Å². The average molecular weight is 236 g/mol. The molecule has 1 N–H and O–H groups in total. The van der Waals surface area contributed by atoms with Crippen LogP contribution in [0.4, 0.5) is 0 Å². The molecule has 2 rings (SSSR count). The molecule has 1 unspecified atom stereocenters. The third-order valence-corrected chi connectivity index (χ3v) is 3.00. The zero-order valence-electron chi connectivity index (χ0n) is 10.9. The summed E-state index contributed by atoms with van der Waals surface area (Å²) in [5.41, 5.74) is 1.19. The Bertz CT molecular complexity index is 387. The third kappa shape index (κ3) is 2.86. The summed E-state index contributed by atoms with van der Waals surface area (Å²) in [4.78, 5) is 0. The van der Waals surface area contributed by atoms with Gasteiger partial charge in [0, 0.05) is 0 Å². The Labute approximate surface area is 102 Å². The van der Waals surface area contributed by atoms with E-state index < -0.39 is 11.4 Å². The van der Waals surface area contributed by atoms with Gasteiger partial charge in [-0.3, -0.25) is 0 Å². The molecule has 3 nitrogen and oxygen atoms in total. The molecule has 1 aliphatic rings. The number of ether oxygens (including phenoxy) is 2. The average Bonchev–Trinajstić information content (AvgIpc) is 2.58. The van der Waals surface area contributed by atoms with E-state index in [-0.39, 0.29) is 6.10 Å². The summed E-state index contributed by atoms with van der Waals surface area (Å²) in [5.74, 6) is -0.500. The van der Waals surface area contributed by atoms with Crippen molar-refractivity contribution in [3.63, 3.8) is 0 Å². The molecule has 1 atom stereocenters. The van der Waals surface area contributed by atoms with Gasteiger partial charge in [0.05, 0.1) is 12.2 Å². The van der Waals surface area contributed by atoms with E-state index in [0.29, 0.717) is 6.61 Å². The van der Waals surface area contributed by atoms with Gasteiger partial charge in [-0.25, -0.2) is 0 Å². The molecule has 0 spiro atoms. The van der Waals surface area contributed by atoms with E-state index in [1.165, 1.54) is 0 Å². The van der Waals surface area contributed by atoms with Gasteiger partial charge in [0.15, 0.2) is 5.79 Å². The lowest BCUT2D eigenvalue weighted by atomic mass is 9.96. The van der Waals surface area contributed by atoms with Gasteiger partial charge < -0.3 is 14.6 Å². The first-order valence-electron chi connectivity index (χ1n) is 5.92. The van der Waals surface area contributed by atoms with Crippen molar-refractivity contribution >= 4 is 0 Å². The maximum absolute atomic E-state index is 9.87. The normalized spacial score (nSPS) is 23.9. The van der Waals surface area contributed by atoms with Crippen molar-refractivity contribution in [1.29, 1.82) is 0 Å². The first-order valence-corrected chi connectivity index (χ1v) is 5.92. The van der Waals surface area contributed by atoms with Gasteiger partial charge in [-0.1, -0.05) is 24.3 Å². The summed E-state index contributed by atoms with van der Waals surface area (Å²) in [6.07, 6.45) is -0.0131. The third-order valence-electron chi connectivity index (χ3n) is 3.00. The lowest BCUT2D eigenvalue weighted by Crippen LogP contribution is -2.19. The quantitative estimate of drug-likeness (QED) is 0.858. The molecule has 1 aromatic rings. The molecular weight excluding hydrogens is 216 g/mol. The fraction of sp³-hybridized carbons (Fsp3) is 0.571. The van der Waals surface area contributed by atoms with Crippen molar-refractivity contribution in [2.75, 3.05) is 6.61 Å². The summed E-state index contributed by atoms with van der Waals surface area (Å²) in [6.45, 7) is 7.96. The summed E-state index contributed by atoms with van der Waals surface area (Å²) in [5, 5.41) is 9.87. The van der Waals surface area contributed by atoms with Crippen LogP contribution < -0.4 is 0 Å². The van der Waals surface area contributed by atoms with Crippen LogP contribution in [0.1, 0.15) is 44.9 Å². The van der Waals surface area contributed by atoms with Gasteiger partial charge in [0.1, 0.15) is 6.10 Å². The van der Waals surface area contributed by atoms with E-state index in [1.54, 1.807) is 13.8 Å². The van der Waals surface area contributed by atoms with E-state index in [0.717, 1.165) is 11.1 Å². The van der Waals surface area contributed by atoms with E-state index >= 15 is 0 Å². The van der Waals surface area contributed by atoms with E-state index in [9.17, 15) is 5.11 Å². The molecule has 0 saturated carbocycles. The Morgan fingerprint density at radius 1 is 1.24 bits per heavy atom. The second kappa shape index (κ2) is 4.09. The monoisotopic (exact) mass is 236 g/mol. The lowest BCUT2D eigenvalue weighted by Gasteiger charge is -2.20. The van der Waals surface area contributed by atoms with Gasteiger partial charge >= 0.3 is 0 Å². The molecule has 0 aromatic heterocycles. The van der Waals surface area contributed by atoms with Crippen molar-refractivity contribution in [2.24, 2.45) is 0 Å². The highest BCUT2D eigenvalue weighted by molar-refractivity contribution is 5.28. The fourth-order valence-electron chi connectivity index (χ4n) is 1.96. The van der Waals surface area contributed by atoms with Crippen LogP contribution in [0, 0.1) is 0 Å². The van der Waals surface area contributed by atoms with Gasteiger partial charge in [-0.2, -0.15) is 0 Å². The zero-order valence-corrected chi connectivity index (χ0v) is 10.9. The second-order valence-corrected chi connectivity index (χ2v) is 5.50. The van der Waals surface area contributed by atoms with Gasteiger partial charge in [0.2, 0.25) is 0 Å². The van der Waals surface area contributed by atoms with Crippen molar-refractivity contribution < 1.29 is 14.6 Å². The molecule has 0 aliphatic carbocycles. The topological polar surface area (TPSA) is 38.7 Å². The molecule has 1 aromatic carbocycles. The Balaban J connectivity index is 2.14. The van der Waals surface area contributed by atoms with Crippen LogP contribution in [0.15, 0.2) is 24.3 Å². The van der Waals surface area contributed by atoms with Crippen molar-refractivity contribution in [1.82, 2.24) is 0 Å². The van der Waals surface area contributed by atoms with Crippen LogP contribution in [0.3, 0.4) is 0 Å². The highest BCUT2D eigenvalue weighted by Gasteiger charge is 2.33. The standard InChI is InChI=1S/C14H20O3/c1-13(2,15)11-7-5-10(6-8-11)12-9-16-14(3,4)17-12/h5-8,12,15H,9H2,1-4H3. The number of rotatable bonds is 2. The highest BCUT2D eigenvalue weighted by Crippen LogP contribution is 2.33. The van der Waals surface area contributed by atoms with Crippen LogP contribution in [-0.2, 0) is 15.1 Å². The second-order valence-electron chi connectivity index (χ2n) is 5.50. The summed E-state index contributed by atoms with van der Waals surface area (Å²) < 4.78 is 11.3. The Hall–Kier alpha value is -0.900. The maximum atomic E-state index is 9.87. The Kier molecular flexibility index (Phi) is 3.02. The molecule has 0 radical (unpaired) electrons. The minimum Gasteiger partial charge on any atom is -0.386 e. The number of benzene rings is 1. The number of hydrogen-bond acceptors (Lipinski definition) is 3. The summed E-state index contributed by atoms with van der Waals surface area (Å²) in [6, 6.07) is 7.85. The number of aliphatic hydroxyl groups is 1. The molecule has 94 valence electrons. The van der Waals surface area contributed by atoms with Crippen LogP contribution in [0.2, 0.25) is 0 Å². The largest absolute Gasteiger partial charge is 0.386 e. The smallest absolute Gasteiger partial charge is 0.163 e. The Morgan fingerprint density at radius 3 is 2.24 bits per heavy atom. The lowest BCUT2D eigenvalue weighted by molar-refractivity contribution is -0.139. The predicted octanol–water partition coefficient (Wildman–Crippen LogP) is 2.74. The van der Waals surface area contributed by atoms with Gasteiger partial charge in [-0.15, -0.1) is 0 Å². The maximum Gasteiger partial charge on any atom is 0.163 e. The fourth-order valence-corrected chi connectivity index (χ4v) is 1.96. The van der Waals surface area contributed by atoms with Crippen LogP contribution >= 0.6 is 0 Å². The zero-order chi connectivity index (χ0) is 12.7. The Morgan fingerprint density at radius 2 is 1.82 bits per heavy atom. The van der Waals surface area contributed by atoms with Crippen molar-refractivity contribution in [3.8, 4) is 0 Å². The summed E-state index contributed by atoms with van der Waals surface area (Å²) in [7, 11) is 0. The number of hydrogen-bond donors (Lipinski definition) is 1. The molecule has 1 aliphatic heterocycles. The van der Waals surface area contributed by atoms with E-state index in [4.69, 9.17) is 9.47 Å².